The Hall–Kier alpha value is -0.420. The SMILES string of the molecule is CC(=O)OCCNc1c(Cl)c(Cl)nc(Cl)c1Cl. The van der Waals surface area contributed by atoms with Crippen LogP contribution in [0.5, 0.6) is 0 Å². The smallest absolute Gasteiger partial charge is 0.302 e. The number of carbonyl (C=O) groups is 1. The Morgan fingerprint density at radius 2 is 1.76 bits per heavy atom. The molecule has 0 aromatic carbocycles. The van der Waals surface area contributed by atoms with Crippen LogP contribution in [-0.2, 0) is 9.53 Å². The highest BCUT2D eigenvalue weighted by Gasteiger charge is 2.14. The van der Waals surface area contributed by atoms with Gasteiger partial charge in [-0.2, -0.15) is 0 Å². The van der Waals surface area contributed by atoms with E-state index in [0.29, 0.717) is 12.2 Å². The highest BCUT2D eigenvalue weighted by atomic mass is 35.5. The average Bonchev–Trinajstić information content (AvgIpc) is 2.25. The van der Waals surface area contributed by atoms with Gasteiger partial charge in [-0.3, -0.25) is 4.79 Å². The second-order valence-corrected chi connectivity index (χ2v) is 4.44. The van der Waals surface area contributed by atoms with E-state index in [0.717, 1.165) is 0 Å². The molecular weight excluding hydrogens is 310 g/mol. The number of carbonyl (C=O) groups excluding carboxylic acids is 1. The third-order valence-corrected chi connectivity index (χ3v) is 3.18. The van der Waals surface area contributed by atoms with E-state index in [2.05, 4.69) is 10.3 Å². The van der Waals surface area contributed by atoms with Crippen LogP contribution >= 0.6 is 46.4 Å². The molecule has 0 aliphatic heterocycles. The quantitative estimate of drug-likeness (QED) is 0.523. The summed E-state index contributed by atoms with van der Waals surface area (Å²) in [5.74, 6) is -0.366. The maximum atomic E-state index is 10.5. The number of hydrogen-bond acceptors (Lipinski definition) is 4. The molecule has 0 bridgehead atoms. The summed E-state index contributed by atoms with van der Waals surface area (Å²) < 4.78 is 4.73. The molecule has 1 rings (SSSR count). The van der Waals surface area contributed by atoms with Gasteiger partial charge in [-0.25, -0.2) is 4.98 Å². The van der Waals surface area contributed by atoms with Crippen molar-refractivity contribution in [1.29, 1.82) is 0 Å². The number of anilines is 1. The van der Waals surface area contributed by atoms with E-state index in [9.17, 15) is 4.79 Å². The van der Waals surface area contributed by atoms with Crippen LogP contribution < -0.4 is 5.32 Å². The molecule has 0 unspecified atom stereocenters. The van der Waals surface area contributed by atoms with Crippen molar-refractivity contribution >= 4 is 58.1 Å². The Bertz CT molecular complexity index is 413. The lowest BCUT2D eigenvalue weighted by Crippen LogP contribution is -2.12. The largest absolute Gasteiger partial charge is 0.464 e. The Labute approximate surface area is 118 Å². The normalized spacial score (nSPS) is 10.2. The van der Waals surface area contributed by atoms with E-state index in [1.807, 2.05) is 0 Å². The maximum Gasteiger partial charge on any atom is 0.302 e. The second kappa shape index (κ2) is 6.50. The minimum absolute atomic E-state index is 0.0519. The summed E-state index contributed by atoms with van der Waals surface area (Å²) in [6.45, 7) is 1.83. The number of hydrogen-bond donors (Lipinski definition) is 1. The van der Waals surface area contributed by atoms with Gasteiger partial charge < -0.3 is 10.1 Å². The number of pyridine rings is 1. The first-order chi connectivity index (χ1) is 7.93. The molecule has 0 aliphatic carbocycles. The Morgan fingerprint density at radius 3 is 2.24 bits per heavy atom. The van der Waals surface area contributed by atoms with Crippen LogP contribution in [0.3, 0.4) is 0 Å². The Balaban J connectivity index is 2.73. The summed E-state index contributed by atoms with van der Waals surface area (Å²) in [5.41, 5.74) is 0.366. The fourth-order valence-electron chi connectivity index (χ4n) is 1.01. The molecule has 0 radical (unpaired) electrons. The van der Waals surface area contributed by atoms with Crippen molar-refractivity contribution in [2.45, 2.75) is 6.92 Å². The van der Waals surface area contributed by atoms with Crippen molar-refractivity contribution in [3.8, 4) is 0 Å². The lowest BCUT2D eigenvalue weighted by molar-refractivity contribution is -0.140. The van der Waals surface area contributed by atoms with Crippen LogP contribution in [0, 0.1) is 0 Å². The number of nitrogens with zero attached hydrogens (tertiary/aromatic N) is 1. The van der Waals surface area contributed by atoms with Gasteiger partial charge in [0.15, 0.2) is 10.3 Å². The van der Waals surface area contributed by atoms with Gasteiger partial charge in [0.1, 0.15) is 16.7 Å². The van der Waals surface area contributed by atoms with E-state index < -0.39 is 0 Å². The second-order valence-electron chi connectivity index (χ2n) is 2.96. The number of ether oxygens (including phenoxy) is 1. The van der Waals surface area contributed by atoms with E-state index in [-0.39, 0.29) is 32.9 Å². The molecule has 0 saturated carbocycles. The molecule has 8 heteroatoms. The molecule has 0 fully saturated rings. The molecule has 1 heterocycles. The average molecular weight is 318 g/mol. The monoisotopic (exact) mass is 316 g/mol. The number of esters is 1. The zero-order valence-electron chi connectivity index (χ0n) is 8.69. The molecule has 1 aromatic heterocycles. The third-order valence-electron chi connectivity index (χ3n) is 1.71. The Kier molecular flexibility index (Phi) is 5.59. The van der Waals surface area contributed by atoms with Crippen LogP contribution in [0.15, 0.2) is 0 Å². The maximum absolute atomic E-state index is 10.5. The highest BCUT2D eigenvalue weighted by Crippen LogP contribution is 2.38. The van der Waals surface area contributed by atoms with Crippen LogP contribution in [-0.4, -0.2) is 24.1 Å². The topological polar surface area (TPSA) is 51.2 Å². The summed E-state index contributed by atoms with van der Waals surface area (Å²) in [5, 5.41) is 3.31. The molecule has 0 saturated heterocycles. The molecule has 0 amide bonds. The minimum Gasteiger partial charge on any atom is -0.464 e. The zero-order chi connectivity index (χ0) is 13.0. The van der Waals surface area contributed by atoms with Crippen LogP contribution in [0.25, 0.3) is 0 Å². The van der Waals surface area contributed by atoms with Crippen molar-refractivity contribution in [1.82, 2.24) is 4.98 Å². The van der Waals surface area contributed by atoms with Crippen molar-refractivity contribution in [2.24, 2.45) is 0 Å². The van der Waals surface area contributed by atoms with Crippen molar-refractivity contribution in [2.75, 3.05) is 18.5 Å². The van der Waals surface area contributed by atoms with Crippen LogP contribution in [0.2, 0.25) is 20.4 Å². The molecule has 0 atom stereocenters. The minimum atomic E-state index is -0.366. The summed E-state index contributed by atoms with van der Waals surface area (Å²) >= 11 is 23.3. The molecule has 17 heavy (non-hydrogen) atoms. The van der Waals surface area contributed by atoms with E-state index in [4.69, 9.17) is 51.1 Å². The van der Waals surface area contributed by atoms with Crippen LogP contribution in [0.4, 0.5) is 5.69 Å². The van der Waals surface area contributed by atoms with Gasteiger partial charge in [-0.05, 0) is 0 Å². The van der Waals surface area contributed by atoms with Gasteiger partial charge in [0.2, 0.25) is 0 Å². The first kappa shape index (κ1) is 14.6. The molecule has 1 N–H and O–H groups in total. The molecule has 0 spiro atoms. The summed E-state index contributed by atoms with van der Waals surface area (Å²) in [7, 11) is 0. The molecule has 0 aliphatic rings. The number of halogens is 4. The highest BCUT2D eigenvalue weighted by molar-refractivity contribution is 6.48. The molecule has 4 nitrogen and oxygen atoms in total. The number of rotatable bonds is 4. The predicted molar refractivity (Wildman–Crippen MR) is 69.4 cm³/mol. The summed E-state index contributed by atoms with van der Waals surface area (Å²) in [6, 6.07) is 0. The molecular formula is C9H8Cl4N2O2. The van der Waals surface area contributed by atoms with E-state index in [1.165, 1.54) is 6.92 Å². The Morgan fingerprint density at radius 1 is 1.24 bits per heavy atom. The van der Waals surface area contributed by atoms with Crippen LogP contribution in [0.1, 0.15) is 6.92 Å². The van der Waals surface area contributed by atoms with E-state index in [1.54, 1.807) is 0 Å². The zero-order valence-corrected chi connectivity index (χ0v) is 11.7. The fraction of sp³-hybridized carbons (Fsp3) is 0.333. The lowest BCUT2D eigenvalue weighted by atomic mass is 10.4. The van der Waals surface area contributed by atoms with Gasteiger partial charge in [0.05, 0.1) is 5.69 Å². The predicted octanol–water partition coefficient (Wildman–Crippen LogP) is 3.67. The number of aromatic nitrogens is 1. The molecule has 94 valence electrons. The van der Waals surface area contributed by atoms with E-state index >= 15 is 0 Å². The van der Waals surface area contributed by atoms with Gasteiger partial charge in [-0.1, -0.05) is 46.4 Å². The standard InChI is InChI=1S/C9H8Cl4N2O2/c1-4(16)17-3-2-14-7-5(10)8(12)15-9(13)6(7)11/h2-3H2,1H3,(H,14,15). The van der Waals surface area contributed by atoms with Gasteiger partial charge in [0.25, 0.3) is 0 Å². The first-order valence-corrected chi connectivity index (χ1v) is 6.02. The van der Waals surface area contributed by atoms with Gasteiger partial charge >= 0.3 is 5.97 Å². The summed E-state index contributed by atoms with van der Waals surface area (Å²) in [6.07, 6.45) is 0. The fourth-order valence-corrected chi connectivity index (χ4v) is 1.87. The number of nitrogens with one attached hydrogen (secondary N) is 1. The van der Waals surface area contributed by atoms with Crippen molar-refractivity contribution in [3.05, 3.63) is 20.4 Å². The first-order valence-electron chi connectivity index (χ1n) is 4.50. The molecule has 1 aromatic rings. The summed E-state index contributed by atoms with van der Waals surface area (Å²) in [4.78, 5) is 14.3. The lowest BCUT2D eigenvalue weighted by Gasteiger charge is -2.11. The van der Waals surface area contributed by atoms with Gasteiger partial charge in [0, 0.05) is 13.5 Å². The van der Waals surface area contributed by atoms with Crippen molar-refractivity contribution < 1.29 is 9.53 Å². The third kappa shape index (κ3) is 4.07. The van der Waals surface area contributed by atoms with Gasteiger partial charge in [-0.15, -0.1) is 0 Å². The van der Waals surface area contributed by atoms with Crippen molar-refractivity contribution in [3.63, 3.8) is 0 Å².